The van der Waals surface area contributed by atoms with Gasteiger partial charge in [-0.05, 0) is 31.5 Å². The highest BCUT2D eigenvalue weighted by molar-refractivity contribution is 7.89. The highest BCUT2D eigenvalue weighted by Crippen LogP contribution is 2.22. The quantitative estimate of drug-likeness (QED) is 0.824. The predicted molar refractivity (Wildman–Crippen MR) is 98.6 cm³/mol. The standard InChI is InChI=1S/C16H21N3O4S2/c1-11-5-6-13(25(22,23)18(3)4)9-14(11)17-15(20)7-8-19-12(2)10-24-16(19)21/h5-6,9-10H,7-8H2,1-4H3,(H,17,20). The number of benzene rings is 1. The Labute approximate surface area is 151 Å². The predicted octanol–water partition coefficient (Wildman–Crippen LogP) is 1.81. The summed E-state index contributed by atoms with van der Waals surface area (Å²) in [5.74, 6) is -0.278. The first-order chi connectivity index (χ1) is 11.6. The molecule has 1 aromatic carbocycles. The number of anilines is 1. The molecule has 0 spiro atoms. The van der Waals surface area contributed by atoms with E-state index < -0.39 is 10.0 Å². The summed E-state index contributed by atoms with van der Waals surface area (Å²) in [7, 11) is -0.667. The van der Waals surface area contributed by atoms with Crippen LogP contribution >= 0.6 is 11.3 Å². The number of sulfonamides is 1. The molecule has 1 N–H and O–H groups in total. The second-order valence-electron chi connectivity index (χ2n) is 5.86. The Morgan fingerprint density at radius 3 is 2.52 bits per heavy atom. The fourth-order valence-corrected chi connectivity index (χ4v) is 3.90. The van der Waals surface area contributed by atoms with E-state index in [0.29, 0.717) is 5.69 Å². The lowest BCUT2D eigenvalue weighted by Crippen LogP contribution is -2.23. The smallest absolute Gasteiger partial charge is 0.307 e. The molecule has 0 bridgehead atoms. The van der Waals surface area contributed by atoms with Crippen LogP contribution in [0.5, 0.6) is 0 Å². The first kappa shape index (κ1) is 19.4. The minimum Gasteiger partial charge on any atom is -0.326 e. The highest BCUT2D eigenvalue weighted by Gasteiger charge is 2.18. The normalized spacial score (nSPS) is 11.7. The van der Waals surface area contributed by atoms with Crippen LogP contribution in [0.4, 0.5) is 5.69 Å². The van der Waals surface area contributed by atoms with Crippen molar-refractivity contribution in [2.24, 2.45) is 0 Å². The molecule has 0 unspecified atom stereocenters. The van der Waals surface area contributed by atoms with Crippen LogP contribution in [0.25, 0.3) is 0 Å². The number of aromatic nitrogens is 1. The van der Waals surface area contributed by atoms with Crippen LogP contribution < -0.4 is 10.2 Å². The van der Waals surface area contributed by atoms with Crippen LogP contribution in [0, 0.1) is 13.8 Å². The molecule has 1 aromatic heterocycles. The van der Waals surface area contributed by atoms with Crippen molar-refractivity contribution in [2.75, 3.05) is 19.4 Å². The van der Waals surface area contributed by atoms with Crippen LogP contribution in [-0.2, 0) is 21.4 Å². The van der Waals surface area contributed by atoms with Crippen LogP contribution in [-0.4, -0.2) is 37.3 Å². The minimum absolute atomic E-state index is 0.0967. The summed E-state index contributed by atoms with van der Waals surface area (Å²) < 4.78 is 27.1. The number of aryl methyl sites for hydroxylation is 2. The van der Waals surface area contributed by atoms with Crippen LogP contribution in [0.1, 0.15) is 17.7 Å². The van der Waals surface area contributed by atoms with E-state index in [-0.39, 0.29) is 28.6 Å². The molecule has 25 heavy (non-hydrogen) atoms. The van der Waals surface area contributed by atoms with Crippen molar-refractivity contribution in [2.45, 2.75) is 31.7 Å². The summed E-state index contributed by atoms with van der Waals surface area (Å²) in [6, 6.07) is 4.61. The average molecular weight is 383 g/mol. The second kappa shape index (κ2) is 7.51. The molecular weight excluding hydrogens is 362 g/mol. The van der Waals surface area contributed by atoms with Gasteiger partial charge in [0, 0.05) is 43.8 Å². The summed E-state index contributed by atoms with van der Waals surface area (Å²) >= 11 is 1.10. The van der Waals surface area contributed by atoms with Gasteiger partial charge >= 0.3 is 4.87 Å². The van der Waals surface area contributed by atoms with Crippen LogP contribution in [0.2, 0.25) is 0 Å². The maximum atomic E-state index is 12.2. The van der Waals surface area contributed by atoms with Gasteiger partial charge in [-0.2, -0.15) is 0 Å². The van der Waals surface area contributed by atoms with Gasteiger partial charge in [-0.25, -0.2) is 12.7 Å². The number of nitrogens with zero attached hydrogens (tertiary/aromatic N) is 2. The van der Waals surface area contributed by atoms with E-state index in [0.717, 1.165) is 26.9 Å². The first-order valence-electron chi connectivity index (χ1n) is 7.61. The molecule has 0 saturated heterocycles. The maximum Gasteiger partial charge on any atom is 0.307 e. The molecule has 1 heterocycles. The number of hydrogen-bond acceptors (Lipinski definition) is 5. The lowest BCUT2D eigenvalue weighted by atomic mass is 10.2. The van der Waals surface area contributed by atoms with Crippen molar-refractivity contribution in [3.63, 3.8) is 0 Å². The summed E-state index contributed by atoms with van der Waals surface area (Å²) in [4.78, 5) is 23.9. The van der Waals surface area contributed by atoms with Gasteiger partial charge in [-0.1, -0.05) is 17.4 Å². The van der Waals surface area contributed by atoms with Crippen molar-refractivity contribution in [3.8, 4) is 0 Å². The summed E-state index contributed by atoms with van der Waals surface area (Å²) in [5, 5.41) is 4.48. The Morgan fingerprint density at radius 1 is 1.28 bits per heavy atom. The largest absolute Gasteiger partial charge is 0.326 e. The Kier molecular flexibility index (Phi) is 5.81. The zero-order valence-electron chi connectivity index (χ0n) is 14.6. The summed E-state index contributed by atoms with van der Waals surface area (Å²) in [5.41, 5.74) is 2.02. The highest BCUT2D eigenvalue weighted by atomic mass is 32.2. The van der Waals surface area contributed by atoms with Gasteiger partial charge in [0.2, 0.25) is 15.9 Å². The number of thiazole rings is 1. The molecule has 9 heteroatoms. The third-order valence-corrected chi connectivity index (χ3v) is 6.49. The number of nitrogens with one attached hydrogen (secondary N) is 1. The van der Waals surface area contributed by atoms with E-state index in [1.807, 2.05) is 6.92 Å². The van der Waals surface area contributed by atoms with Gasteiger partial charge in [-0.3, -0.25) is 9.59 Å². The number of carbonyl (C=O) groups excluding carboxylic acids is 1. The molecule has 0 saturated carbocycles. The molecule has 0 radical (unpaired) electrons. The molecule has 1 amide bonds. The Hall–Kier alpha value is -1.97. The van der Waals surface area contributed by atoms with E-state index >= 15 is 0 Å². The number of hydrogen-bond donors (Lipinski definition) is 1. The minimum atomic E-state index is -3.57. The zero-order valence-corrected chi connectivity index (χ0v) is 16.2. The third-order valence-electron chi connectivity index (χ3n) is 3.80. The fraction of sp³-hybridized carbons (Fsp3) is 0.375. The van der Waals surface area contributed by atoms with Gasteiger partial charge in [-0.15, -0.1) is 0 Å². The van der Waals surface area contributed by atoms with Gasteiger partial charge in [0.1, 0.15) is 0 Å². The second-order valence-corrected chi connectivity index (χ2v) is 8.83. The lowest BCUT2D eigenvalue weighted by molar-refractivity contribution is -0.116. The maximum absolute atomic E-state index is 12.2. The lowest BCUT2D eigenvalue weighted by Gasteiger charge is -2.14. The molecule has 0 aliphatic heterocycles. The Balaban J connectivity index is 2.14. The molecule has 0 aliphatic carbocycles. The molecule has 0 aliphatic rings. The van der Waals surface area contributed by atoms with Gasteiger partial charge in [0.15, 0.2) is 0 Å². The van der Waals surface area contributed by atoms with Crippen molar-refractivity contribution in [3.05, 3.63) is 44.5 Å². The zero-order chi connectivity index (χ0) is 18.8. The fourth-order valence-electron chi connectivity index (χ4n) is 2.21. The Bertz CT molecular complexity index is 943. The number of amides is 1. The van der Waals surface area contributed by atoms with Gasteiger partial charge in [0.25, 0.3) is 0 Å². The average Bonchev–Trinajstić information content (AvgIpc) is 2.85. The molecule has 0 fully saturated rings. The van der Waals surface area contributed by atoms with E-state index in [1.54, 1.807) is 22.9 Å². The van der Waals surface area contributed by atoms with E-state index in [4.69, 9.17) is 0 Å². The topological polar surface area (TPSA) is 88.5 Å². The molecule has 2 aromatic rings. The van der Waals surface area contributed by atoms with Gasteiger partial charge in [0.05, 0.1) is 4.90 Å². The summed E-state index contributed by atoms with van der Waals surface area (Å²) in [6.45, 7) is 3.89. The molecule has 136 valence electrons. The van der Waals surface area contributed by atoms with E-state index in [1.165, 1.54) is 26.2 Å². The molecule has 0 atom stereocenters. The molecule has 2 rings (SSSR count). The number of rotatable bonds is 6. The SMILES string of the molecule is Cc1ccc(S(=O)(=O)N(C)C)cc1NC(=O)CCn1c(C)csc1=O. The van der Waals surface area contributed by atoms with Crippen molar-refractivity contribution in [1.82, 2.24) is 8.87 Å². The first-order valence-corrected chi connectivity index (χ1v) is 9.93. The Morgan fingerprint density at radius 2 is 1.96 bits per heavy atom. The third kappa shape index (κ3) is 4.36. The summed E-state index contributed by atoms with van der Waals surface area (Å²) in [6.07, 6.45) is 0.127. The van der Waals surface area contributed by atoms with Crippen LogP contribution in [0.15, 0.2) is 33.3 Å². The monoisotopic (exact) mass is 383 g/mol. The molecular formula is C16H21N3O4S2. The molecule has 7 nitrogen and oxygen atoms in total. The van der Waals surface area contributed by atoms with E-state index in [2.05, 4.69) is 5.32 Å². The number of carbonyl (C=O) groups is 1. The van der Waals surface area contributed by atoms with Gasteiger partial charge < -0.3 is 9.88 Å². The van der Waals surface area contributed by atoms with Crippen molar-refractivity contribution >= 4 is 33.0 Å². The van der Waals surface area contributed by atoms with Crippen LogP contribution in [0.3, 0.4) is 0 Å². The van der Waals surface area contributed by atoms with Crippen molar-refractivity contribution < 1.29 is 13.2 Å². The van der Waals surface area contributed by atoms with E-state index in [9.17, 15) is 18.0 Å². The van der Waals surface area contributed by atoms with Crippen molar-refractivity contribution in [1.29, 1.82) is 0 Å².